The quantitative estimate of drug-likeness (QED) is 0.268. The van der Waals surface area contributed by atoms with Gasteiger partial charge in [-0.2, -0.15) is 0 Å². The highest BCUT2D eigenvalue weighted by molar-refractivity contribution is 7.52. The smallest absolute Gasteiger partial charge is 0.385 e. The summed E-state index contributed by atoms with van der Waals surface area (Å²) in [6.07, 6.45) is -5.09. The summed E-state index contributed by atoms with van der Waals surface area (Å²) in [5.74, 6) is -1.62. The van der Waals surface area contributed by atoms with Crippen molar-refractivity contribution in [3.05, 3.63) is 33.1 Å². The average Bonchev–Trinajstić information content (AvgIpc) is 2.65. The highest BCUT2D eigenvalue weighted by Crippen LogP contribution is 2.43. The third-order valence-electron chi connectivity index (χ3n) is 3.21. The van der Waals surface area contributed by atoms with E-state index in [4.69, 9.17) is 14.5 Å². The SMILES string of the molecule is [Br-].[NH3+][C@H]([C@H]1O[C@@H](n2ccc(=O)[nH]c2=O)[C@H](O)[C@@H]1O)P(=O)(O)O. The largest absolute Gasteiger partial charge is 1.00 e. The van der Waals surface area contributed by atoms with Crippen LogP contribution in [0.4, 0.5) is 0 Å². The zero-order valence-corrected chi connectivity index (χ0v) is 13.4. The number of ether oxygens (including phenoxy) is 1. The highest BCUT2D eigenvalue weighted by atomic mass is 79.9. The van der Waals surface area contributed by atoms with Crippen LogP contribution >= 0.6 is 7.60 Å². The van der Waals surface area contributed by atoms with Gasteiger partial charge in [-0.3, -0.25) is 18.9 Å². The van der Waals surface area contributed by atoms with Crippen LogP contribution in [0.1, 0.15) is 6.23 Å². The first-order valence-corrected chi connectivity index (χ1v) is 7.52. The van der Waals surface area contributed by atoms with E-state index in [0.717, 1.165) is 16.8 Å². The van der Waals surface area contributed by atoms with Crippen molar-refractivity contribution in [2.45, 2.75) is 30.3 Å². The number of aliphatic hydroxyl groups excluding tert-OH is 2. The normalized spacial score (nSPS) is 29.9. The number of rotatable bonds is 3. The predicted molar refractivity (Wildman–Crippen MR) is 66.0 cm³/mol. The molecule has 1 aromatic rings. The topological polar surface area (TPSA) is 190 Å². The maximum atomic E-state index is 11.6. The lowest BCUT2D eigenvalue weighted by atomic mass is 10.1. The zero-order chi connectivity index (χ0) is 15.9. The summed E-state index contributed by atoms with van der Waals surface area (Å²) < 4.78 is 17.1. The highest BCUT2D eigenvalue weighted by Gasteiger charge is 2.52. The van der Waals surface area contributed by atoms with Crippen molar-refractivity contribution in [2.75, 3.05) is 0 Å². The molecule has 2 heterocycles. The number of nitrogens with one attached hydrogen (secondary N) is 1. The molecule has 22 heavy (non-hydrogen) atoms. The maximum absolute atomic E-state index is 11.6. The molecule has 1 saturated heterocycles. The Balaban J connectivity index is 0.00000242. The molecule has 126 valence electrons. The van der Waals surface area contributed by atoms with Crippen molar-refractivity contribution in [1.82, 2.24) is 9.55 Å². The maximum Gasteiger partial charge on any atom is 0.385 e. The van der Waals surface area contributed by atoms with E-state index >= 15 is 0 Å². The summed E-state index contributed by atoms with van der Waals surface area (Å²) >= 11 is 0. The van der Waals surface area contributed by atoms with Crippen LogP contribution in [0.25, 0.3) is 0 Å². The van der Waals surface area contributed by atoms with Crippen LogP contribution in [-0.2, 0) is 9.30 Å². The first kappa shape index (κ1) is 19.2. The molecule has 11 nitrogen and oxygen atoms in total. The van der Waals surface area contributed by atoms with Gasteiger partial charge in [0.25, 0.3) is 5.56 Å². The second kappa shape index (κ2) is 6.72. The molecule has 1 aliphatic heterocycles. The van der Waals surface area contributed by atoms with Crippen LogP contribution in [0, 0.1) is 0 Å². The number of hydrogen-bond acceptors (Lipinski definition) is 6. The number of aliphatic hydroxyl groups is 2. The molecule has 1 aromatic heterocycles. The van der Waals surface area contributed by atoms with Crippen molar-refractivity contribution in [3.63, 3.8) is 0 Å². The first-order valence-electron chi connectivity index (χ1n) is 5.84. The Kier molecular flexibility index (Phi) is 5.87. The van der Waals surface area contributed by atoms with E-state index in [1.807, 2.05) is 4.98 Å². The van der Waals surface area contributed by atoms with E-state index in [1.54, 1.807) is 0 Å². The fraction of sp³-hybridized carbons (Fsp3) is 0.556. The van der Waals surface area contributed by atoms with Gasteiger partial charge in [0.1, 0.15) is 12.2 Å². The molecule has 13 heteroatoms. The van der Waals surface area contributed by atoms with Gasteiger partial charge in [0.2, 0.25) is 5.78 Å². The third-order valence-corrected chi connectivity index (χ3v) is 4.37. The summed E-state index contributed by atoms with van der Waals surface area (Å²) in [5, 5.41) is 19.7. The number of aromatic amines is 1. The van der Waals surface area contributed by atoms with Crippen LogP contribution in [0.3, 0.4) is 0 Å². The van der Waals surface area contributed by atoms with Gasteiger partial charge in [-0.1, -0.05) is 0 Å². The number of aromatic nitrogens is 2. The van der Waals surface area contributed by atoms with Crippen molar-refractivity contribution >= 4 is 7.60 Å². The minimum absolute atomic E-state index is 0. The van der Waals surface area contributed by atoms with Crippen molar-refractivity contribution in [2.24, 2.45) is 0 Å². The third kappa shape index (κ3) is 3.55. The molecule has 0 unspecified atom stereocenters. The number of H-pyrrole nitrogens is 1. The predicted octanol–water partition coefficient (Wildman–Crippen LogP) is -7.09. The van der Waals surface area contributed by atoms with Gasteiger partial charge >= 0.3 is 13.3 Å². The van der Waals surface area contributed by atoms with E-state index < -0.39 is 49.2 Å². The Morgan fingerprint density at radius 1 is 1.32 bits per heavy atom. The Labute approximate surface area is 133 Å². The standard InChI is InChI=1S/C9H14N3O8P.BrH/c10-7(21(17,18)19)6-4(14)5(15)8(20-6)12-2-1-3(13)11-9(12)16;/h1-2,4-8,14-15H,10H2,(H,11,13,16)(H2,17,18,19);1H/t4-,5+,6-,7-,8+;/m0./s1. The monoisotopic (exact) mass is 403 g/mol. The van der Waals surface area contributed by atoms with Gasteiger partial charge in [0, 0.05) is 12.3 Å². The molecule has 0 spiro atoms. The number of quaternary nitrogens is 1. The second-order valence-electron chi connectivity index (χ2n) is 4.65. The molecule has 0 amide bonds. The molecule has 1 fully saturated rings. The lowest BCUT2D eigenvalue weighted by Crippen LogP contribution is -3.00. The number of nitrogens with zero attached hydrogens (tertiary/aromatic N) is 1. The Bertz CT molecular complexity index is 686. The second-order valence-corrected chi connectivity index (χ2v) is 6.49. The lowest BCUT2D eigenvalue weighted by molar-refractivity contribution is -0.416. The Morgan fingerprint density at radius 3 is 2.41 bits per heavy atom. The zero-order valence-electron chi connectivity index (χ0n) is 10.9. The Morgan fingerprint density at radius 2 is 1.91 bits per heavy atom. The summed E-state index contributed by atoms with van der Waals surface area (Å²) in [7, 11) is -4.66. The van der Waals surface area contributed by atoms with Crippen LogP contribution in [0.5, 0.6) is 0 Å². The minimum Gasteiger partial charge on any atom is -1.00 e. The lowest BCUT2D eigenvalue weighted by Gasteiger charge is -2.19. The molecule has 0 bridgehead atoms. The van der Waals surface area contributed by atoms with Crippen LogP contribution < -0.4 is 34.0 Å². The Hall–Kier alpha value is -0.850. The van der Waals surface area contributed by atoms with E-state index in [2.05, 4.69) is 5.73 Å². The van der Waals surface area contributed by atoms with Gasteiger partial charge in [0.05, 0.1) is 0 Å². The van der Waals surface area contributed by atoms with Gasteiger partial charge in [-0.25, -0.2) is 4.79 Å². The van der Waals surface area contributed by atoms with E-state index in [0.29, 0.717) is 0 Å². The van der Waals surface area contributed by atoms with E-state index in [9.17, 15) is 24.4 Å². The molecule has 0 aromatic carbocycles. The summed E-state index contributed by atoms with van der Waals surface area (Å²) in [5.41, 5.74) is 1.68. The van der Waals surface area contributed by atoms with Crippen LogP contribution in [0.15, 0.2) is 21.9 Å². The summed E-state index contributed by atoms with van der Waals surface area (Å²) in [4.78, 5) is 42.6. The van der Waals surface area contributed by atoms with Crippen molar-refractivity contribution in [1.29, 1.82) is 0 Å². The van der Waals surface area contributed by atoms with Crippen LogP contribution in [-0.4, -0.2) is 53.6 Å². The molecule has 2 rings (SSSR count). The van der Waals surface area contributed by atoms with E-state index in [1.165, 1.54) is 0 Å². The number of halogens is 1. The molecule has 1 aliphatic rings. The molecular formula is C9H15BrN3O8P. The van der Waals surface area contributed by atoms with E-state index in [-0.39, 0.29) is 17.0 Å². The molecular weight excluding hydrogens is 389 g/mol. The molecule has 0 saturated carbocycles. The van der Waals surface area contributed by atoms with Gasteiger partial charge in [-0.05, 0) is 0 Å². The summed E-state index contributed by atoms with van der Waals surface area (Å²) in [6, 6.07) is 1.00. The van der Waals surface area contributed by atoms with Crippen molar-refractivity contribution < 1.29 is 52.0 Å². The van der Waals surface area contributed by atoms with Gasteiger partial charge in [-0.15, -0.1) is 0 Å². The minimum atomic E-state index is -4.66. The van der Waals surface area contributed by atoms with Crippen LogP contribution in [0.2, 0.25) is 0 Å². The summed E-state index contributed by atoms with van der Waals surface area (Å²) in [6.45, 7) is 0. The first-order chi connectivity index (χ1) is 9.62. The molecule has 5 atom stereocenters. The fourth-order valence-electron chi connectivity index (χ4n) is 2.05. The fourth-order valence-corrected chi connectivity index (χ4v) is 2.68. The van der Waals surface area contributed by atoms with Gasteiger partial charge < -0.3 is 47.5 Å². The van der Waals surface area contributed by atoms with Gasteiger partial charge in [0.15, 0.2) is 12.3 Å². The number of hydrogen-bond donors (Lipinski definition) is 6. The average molecular weight is 404 g/mol. The molecule has 8 N–H and O–H groups in total. The molecule has 0 radical (unpaired) electrons. The molecule has 0 aliphatic carbocycles. The van der Waals surface area contributed by atoms with Crippen molar-refractivity contribution in [3.8, 4) is 0 Å².